The van der Waals surface area contributed by atoms with E-state index in [0.29, 0.717) is 0 Å². The third-order valence-corrected chi connectivity index (χ3v) is 13.2. The van der Waals surface area contributed by atoms with Crippen molar-refractivity contribution in [1.82, 2.24) is 0 Å². The molecular weight excluding hydrogens is 388 g/mol. The molecule has 5 aromatic carbocycles. The molecule has 0 radical (unpaired) electrons. The van der Waals surface area contributed by atoms with Crippen molar-refractivity contribution >= 4 is 45.2 Å². The topological polar surface area (TPSA) is 0 Å². The van der Waals surface area contributed by atoms with Crippen LogP contribution in [0.4, 0.5) is 0 Å². The molecule has 1 heteroatoms. The highest BCUT2D eigenvalue weighted by atomic mass is 28.3. The zero-order valence-corrected chi connectivity index (χ0v) is 19.3. The molecule has 0 saturated carbocycles. The number of rotatable bonds is 1. The van der Waals surface area contributed by atoms with E-state index in [4.69, 9.17) is 0 Å². The minimum atomic E-state index is -2.32. The molecular formula is C30H26Si. The van der Waals surface area contributed by atoms with Crippen molar-refractivity contribution in [3.05, 3.63) is 103 Å². The summed E-state index contributed by atoms with van der Waals surface area (Å²) in [6, 6.07) is 38.9. The molecule has 1 heterocycles. The van der Waals surface area contributed by atoms with Gasteiger partial charge in [0.15, 0.2) is 8.07 Å². The number of fused-ring (bicyclic) bond motifs is 4. The van der Waals surface area contributed by atoms with Crippen molar-refractivity contribution in [2.75, 3.05) is 0 Å². The smallest absolute Gasteiger partial charge is 0.0624 e. The quantitative estimate of drug-likeness (QED) is 0.225. The minimum Gasteiger partial charge on any atom is -0.0624 e. The predicted octanol–water partition coefficient (Wildman–Crippen LogP) is 6.24. The highest BCUT2D eigenvalue weighted by Gasteiger charge is 2.52. The number of benzene rings is 5. The van der Waals surface area contributed by atoms with Crippen molar-refractivity contribution in [1.29, 1.82) is 0 Å². The van der Waals surface area contributed by atoms with Crippen LogP contribution >= 0.6 is 0 Å². The molecule has 0 saturated heterocycles. The Balaban J connectivity index is 1.92. The van der Waals surface area contributed by atoms with Crippen molar-refractivity contribution in [3.63, 3.8) is 0 Å². The van der Waals surface area contributed by atoms with Gasteiger partial charge >= 0.3 is 0 Å². The summed E-state index contributed by atoms with van der Waals surface area (Å²) >= 11 is 0. The summed E-state index contributed by atoms with van der Waals surface area (Å²) in [5.74, 6) is 0. The summed E-state index contributed by atoms with van der Waals surface area (Å²) in [4.78, 5) is 0. The SMILES string of the molecule is CC(C)(C)[Si]1(c2ccccc2)c2ccccc2-c2cc3ccccc3c3cccc1c23. The van der Waals surface area contributed by atoms with E-state index in [2.05, 4.69) is 124 Å². The molecule has 31 heavy (non-hydrogen) atoms. The van der Waals surface area contributed by atoms with Crippen LogP contribution in [-0.2, 0) is 0 Å². The lowest BCUT2D eigenvalue weighted by molar-refractivity contribution is 0.739. The normalized spacial score (nSPS) is 17.6. The fourth-order valence-corrected chi connectivity index (χ4v) is 12.2. The maximum atomic E-state index is 2.45. The molecule has 0 amide bonds. The van der Waals surface area contributed by atoms with E-state index < -0.39 is 8.07 Å². The molecule has 0 nitrogen and oxygen atoms in total. The van der Waals surface area contributed by atoms with Gasteiger partial charge in [-0.25, -0.2) is 0 Å². The third kappa shape index (κ3) is 2.36. The van der Waals surface area contributed by atoms with Crippen LogP contribution in [0.15, 0.2) is 103 Å². The van der Waals surface area contributed by atoms with Crippen LogP contribution in [0.3, 0.4) is 0 Å². The van der Waals surface area contributed by atoms with E-state index in [-0.39, 0.29) is 5.04 Å². The van der Waals surface area contributed by atoms with Crippen LogP contribution in [0.1, 0.15) is 20.8 Å². The van der Waals surface area contributed by atoms with Crippen LogP contribution in [0.2, 0.25) is 5.04 Å². The Morgan fingerprint density at radius 3 is 2.00 bits per heavy atom. The van der Waals surface area contributed by atoms with Gasteiger partial charge in [-0.3, -0.25) is 0 Å². The highest BCUT2D eigenvalue weighted by molar-refractivity contribution is 7.15. The molecule has 0 fully saturated rings. The van der Waals surface area contributed by atoms with E-state index in [1.54, 1.807) is 10.4 Å². The van der Waals surface area contributed by atoms with Gasteiger partial charge in [-0.1, -0.05) is 118 Å². The zero-order chi connectivity index (χ0) is 21.2. The molecule has 0 aliphatic carbocycles. The van der Waals surface area contributed by atoms with Crippen LogP contribution in [0.5, 0.6) is 0 Å². The lowest BCUT2D eigenvalue weighted by atomic mass is 9.92. The van der Waals surface area contributed by atoms with E-state index in [1.165, 1.54) is 37.9 Å². The maximum Gasteiger partial charge on any atom is 0.155 e. The molecule has 150 valence electrons. The van der Waals surface area contributed by atoms with Crippen LogP contribution in [0, 0.1) is 0 Å². The Kier molecular flexibility index (Phi) is 3.85. The minimum absolute atomic E-state index is 0.113. The molecule has 0 spiro atoms. The van der Waals surface area contributed by atoms with Gasteiger partial charge in [0.25, 0.3) is 0 Å². The van der Waals surface area contributed by atoms with Gasteiger partial charge < -0.3 is 0 Å². The van der Waals surface area contributed by atoms with Gasteiger partial charge in [0.1, 0.15) is 0 Å². The van der Waals surface area contributed by atoms with Crippen molar-refractivity contribution in [2.24, 2.45) is 0 Å². The first kappa shape index (κ1) is 18.6. The Bertz CT molecular complexity index is 1460. The second kappa shape index (κ2) is 6.42. The standard InChI is InChI=1S/C30H26Si/c1-30(2,3)31(22-13-5-4-6-14-22)27-18-10-9-16-24(27)26-20-21-12-7-8-15-23(21)25-17-11-19-28(31)29(25)26/h4-20H,1-3H3. The van der Waals surface area contributed by atoms with Crippen molar-refractivity contribution < 1.29 is 0 Å². The second-order valence-corrected chi connectivity index (χ2v) is 14.4. The molecule has 1 aliphatic rings. The van der Waals surface area contributed by atoms with Gasteiger partial charge in [-0.05, 0) is 59.3 Å². The Labute approximate surface area is 185 Å². The van der Waals surface area contributed by atoms with Crippen LogP contribution in [0.25, 0.3) is 32.7 Å². The average molecular weight is 415 g/mol. The summed E-state index contributed by atoms with van der Waals surface area (Å²) in [6.07, 6.45) is 0. The van der Waals surface area contributed by atoms with Gasteiger partial charge in [0.05, 0.1) is 0 Å². The van der Waals surface area contributed by atoms with E-state index in [0.717, 1.165) is 0 Å². The van der Waals surface area contributed by atoms with E-state index in [9.17, 15) is 0 Å². The zero-order valence-electron chi connectivity index (χ0n) is 18.3. The molecule has 0 aromatic heterocycles. The monoisotopic (exact) mass is 414 g/mol. The first-order valence-corrected chi connectivity index (χ1v) is 13.1. The largest absolute Gasteiger partial charge is 0.155 e. The first-order valence-electron chi connectivity index (χ1n) is 11.1. The van der Waals surface area contributed by atoms with Gasteiger partial charge in [0.2, 0.25) is 0 Å². The lowest BCUT2D eigenvalue weighted by Gasteiger charge is -2.48. The third-order valence-electron chi connectivity index (χ3n) is 7.24. The highest BCUT2D eigenvalue weighted by Crippen LogP contribution is 2.44. The summed E-state index contributed by atoms with van der Waals surface area (Å²) in [5, 5.41) is 10.2. The number of hydrogen-bond donors (Lipinski definition) is 0. The molecule has 5 aromatic rings. The van der Waals surface area contributed by atoms with E-state index >= 15 is 0 Å². The Morgan fingerprint density at radius 1 is 0.548 bits per heavy atom. The molecule has 1 aliphatic heterocycles. The summed E-state index contributed by atoms with van der Waals surface area (Å²) < 4.78 is 0. The van der Waals surface area contributed by atoms with Gasteiger partial charge in [-0.2, -0.15) is 0 Å². The Hall–Kier alpha value is -3.16. The van der Waals surface area contributed by atoms with Crippen LogP contribution < -0.4 is 15.6 Å². The number of hydrogen-bond acceptors (Lipinski definition) is 0. The summed E-state index contributed by atoms with van der Waals surface area (Å²) in [6.45, 7) is 7.36. The lowest BCUT2D eigenvalue weighted by Crippen LogP contribution is -2.73. The molecule has 0 N–H and O–H groups in total. The summed E-state index contributed by atoms with van der Waals surface area (Å²) in [5.41, 5.74) is 2.81. The van der Waals surface area contributed by atoms with Crippen molar-refractivity contribution in [2.45, 2.75) is 25.8 Å². The first-order chi connectivity index (χ1) is 15.0. The summed E-state index contributed by atoms with van der Waals surface area (Å²) in [7, 11) is -2.32. The van der Waals surface area contributed by atoms with Gasteiger partial charge in [0, 0.05) is 0 Å². The molecule has 1 unspecified atom stereocenters. The second-order valence-electron chi connectivity index (χ2n) is 9.79. The van der Waals surface area contributed by atoms with Gasteiger partial charge in [-0.15, -0.1) is 0 Å². The van der Waals surface area contributed by atoms with Crippen molar-refractivity contribution in [3.8, 4) is 11.1 Å². The maximum absolute atomic E-state index is 2.45. The van der Waals surface area contributed by atoms with E-state index in [1.807, 2.05) is 0 Å². The fourth-order valence-electron chi connectivity index (χ4n) is 6.12. The average Bonchev–Trinajstić information content (AvgIpc) is 2.79. The molecule has 1 atom stereocenters. The fraction of sp³-hybridized carbons (Fsp3) is 0.133. The Morgan fingerprint density at radius 2 is 1.19 bits per heavy atom. The van der Waals surface area contributed by atoms with Crippen LogP contribution in [-0.4, -0.2) is 8.07 Å². The molecule has 0 bridgehead atoms. The predicted molar refractivity (Wildman–Crippen MR) is 138 cm³/mol. The molecule has 6 rings (SSSR count).